The second-order valence-electron chi connectivity index (χ2n) is 2.44. The molecule has 1 aromatic rings. The number of nitrogens with one attached hydrogen (secondary N) is 1. The van der Waals surface area contributed by atoms with Gasteiger partial charge in [0, 0.05) is 5.56 Å². The van der Waals surface area contributed by atoms with E-state index < -0.39 is 11.6 Å². The Bertz CT molecular complexity index is 243. The Morgan fingerprint density at radius 1 is 1.33 bits per heavy atom. The number of halogens is 2. The largest absolute Gasteiger partial charge is 0.319 e. The monoisotopic (exact) mass is 172 g/mol. The van der Waals surface area contributed by atoms with Gasteiger partial charge in [0.25, 0.3) is 0 Å². The van der Waals surface area contributed by atoms with Gasteiger partial charge in [0.05, 0.1) is 12.4 Å². The number of aromatic nitrogens is 1. The van der Waals surface area contributed by atoms with Gasteiger partial charge in [0.15, 0.2) is 0 Å². The third kappa shape index (κ3) is 1.98. The van der Waals surface area contributed by atoms with Crippen LogP contribution in [0.25, 0.3) is 0 Å². The van der Waals surface area contributed by atoms with Crippen LogP contribution in [0.4, 0.5) is 8.78 Å². The zero-order valence-corrected chi connectivity index (χ0v) is 6.77. The predicted octanol–water partition coefficient (Wildman–Crippen LogP) is 1.12. The molecule has 0 spiro atoms. The van der Waals surface area contributed by atoms with E-state index in [0.717, 1.165) is 12.4 Å². The smallest absolute Gasteiger partial charge is 0.147 e. The SMILES string of the molecule is CNCCc1c(F)cncc1F. The average molecular weight is 172 g/mol. The Balaban J connectivity index is 2.81. The number of nitrogens with zero attached hydrogens (tertiary/aromatic N) is 1. The van der Waals surface area contributed by atoms with Crippen LogP contribution in [0, 0.1) is 11.6 Å². The van der Waals surface area contributed by atoms with Crippen molar-refractivity contribution >= 4 is 0 Å². The van der Waals surface area contributed by atoms with E-state index >= 15 is 0 Å². The van der Waals surface area contributed by atoms with Gasteiger partial charge < -0.3 is 5.32 Å². The minimum absolute atomic E-state index is 0.0966. The highest BCUT2D eigenvalue weighted by Gasteiger charge is 2.07. The average Bonchev–Trinajstić information content (AvgIpc) is 2.04. The lowest BCUT2D eigenvalue weighted by Crippen LogP contribution is -2.12. The van der Waals surface area contributed by atoms with E-state index in [2.05, 4.69) is 10.3 Å². The van der Waals surface area contributed by atoms with E-state index in [1.807, 2.05) is 0 Å². The molecule has 0 aliphatic heterocycles. The quantitative estimate of drug-likeness (QED) is 0.739. The lowest BCUT2D eigenvalue weighted by molar-refractivity contribution is 0.542. The Morgan fingerprint density at radius 2 is 1.92 bits per heavy atom. The zero-order chi connectivity index (χ0) is 8.97. The van der Waals surface area contributed by atoms with Gasteiger partial charge in [-0.1, -0.05) is 0 Å². The number of likely N-dealkylation sites (N-methyl/N-ethyl adjacent to an activating group) is 1. The van der Waals surface area contributed by atoms with Gasteiger partial charge in [0.1, 0.15) is 11.6 Å². The van der Waals surface area contributed by atoms with Gasteiger partial charge in [-0.25, -0.2) is 8.78 Å². The first kappa shape index (κ1) is 9.06. The number of hydrogen-bond acceptors (Lipinski definition) is 2. The van der Waals surface area contributed by atoms with Gasteiger partial charge in [-0.05, 0) is 20.0 Å². The molecule has 0 unspecified atom stereocenters. The van der Waals surface area contributed by atoms with E-state index in [4.69, 9.17) is 0 Å². The highest BCUT2D eigenvalue weighted by atomic mass is 19.1. The van der Waals surface area contributed by atoms with Crippen molar-refractivity contribution < 1.29 is 8.78 Å². The van der Waals surface area contributed by atoms with Gasteiger partial charge in [-0.2, -0.15) is 0 Å². The summed E-state index contributed by atoms with van der Waals surface area (Å²) in [4.78, 5) is 3.38. The summed E-state index contributed by atoms with van der Waals surface area (Å²) in [7, 11) is 1.73. The molecule has 1 heterocycles. The minimum atomic E-state index is -0.578. The lowest BCUT2D eigenvalue weighted by atomic mass is 10.2. The van der Waals surface area contributed by atoms with E-state index in [1.54, 1.807) is 7.05 Å². The fourth-order valence-corrected chi connectivity index (χ4v) is 0.927. The second kappa shape index (κ2) is 4.11. The molecule has 66 valence electrons. The molecule has 0 amide bonds. The Hall–Kier alpha value is -1.03. The number of rotatable bonds is 3. The van der Waals surface area contributed by atoms with Crippen LogP contribution >= 0.6 is 0 Å². The van der Waals surface area contributed by atoms with Crippen LogP contribution in [0.15, 0.2) is 12.4 Å². The van der Waals surface area contributed by atoms with Crippen LogP contribution in [0.3, 0.4) is 0 Å². The zero-order valence-electron chi connectivity index (χ0n) is 6.77. The molecule has 0 saturated carbocycles. The Labute approximate surface area is 69.6 Å². The van der Waals surface area contributed by atoms with Gasteiger partial charge >= 0.3 is 0 Å². The third-order valence-corrected chi connectivity index (χ3v) is 1.58. The van der Waals surface area contributed by atoms with Gasteiger partial charge in [-0.15, -0.1) is 0 Å². The molecule has 0 radical (unpaired) electrons. The maximum Gasteiger partial charge on any atom is 0.147 e. The maximum absolute atomic E-state index is 12.8. The van der Waals surface area contributed by atoms with E-state index in [0.29, 0.717) is 13.0 Å². The molecular weight excluding hydrogens is 162 g/mol. The van der Waals surface area contributed by atoms with Crippen molar-refractivity contribution in [3.63, 3.8) is 0 Å². The summed E-state index contributed by atoms with van der Waals surface area (Å²) in [5, 5.41) is 2.82. The normalized spacial score (nSPS) is 10.2. The molecule has 0 aliphatic rings. The van der Waals surface area contributed by atoms with Crippen LogP contribution in [0.1, 0.15) is 5.56 Å². The van der Waals surface area contributed by atoms with E-state index in [-0.39, 0.29) is 5.56 Å². The van der Waals surface area contributed by atoms with E-state index in [1.165, 1.54) is 0 Å². The molecular formula is C8H10F2N2. The summed E-state index contributed by atoms with van der Waals surface area (Å²) in [5.74, 6) is -1.16. The van der Waals surface area contributed by atoms with Crippen molar-refractivity contribution in [3.8, 4) is 0 Å². The fraction of sp³-hybridized carbons (Fsp3) is 0.375. The van der Waals surface area contributed by atoms with E-state index in [9.17, 15) is 8.78 Å². The first-order valence-electron chi connectivity index (χ1n) is 3.68. The summed E-state index contributed by atoms with van der Waals surface area (Å²) in [6.07, 6.45) is 2.39. The fourth-order valence-electron chi connectivity index (χ4n) is 0.927. The molecule has 12 heavy (non-hydrogen) atoms. The van der Waals surface area contributed by atoms with Crippen LogP contribution in [0.2, 0.25) is 0 Å². The molecule has 1 aromatic heterocycles. The highest BCUT2D eigenvalue weighted by Crippen LogP contribution is 2.09. The summed E-state index contributed by atoms with van der Waals surface area (Å²) >= 11 is 0. The van der Waals surface area contributed by atoms with Gasteiger partial charge in [0.2, 0.25) is 0 Å². The molecule has 0 fully saturated rings. The van der Waals surface area contributed by atoms with Crippen molar-refractivity contribution in [1.29, 1.82) is 0 Å². The first-order chi connectivity index (χ1) is 5.75. The van der Waals surface area contributed by atoms with Gasteiger partial charge in [-0.3, -0.25) is 4.98 Å². The minimum Gasteiger partial charge on any atom is -0.319 e. The van der Waals surface area contributed by atoms with Crippen molar-refractivity contribution in [2.24, 2.45) is 0 Å². The standard InChI is InChI=1S/C8H10F2N2/c1-11-3-2-6-7(9)4-12-5-8(6)10/h4-5,11H,2-3H2,1H3. The van der Waals surface area contributed by atoms with Crippen LogP contribution in [-0.4, -0.2) is 18.6 Å². The summed E-state index contributed by atoms with van der Waals surface area (Å²) in [6.45, 7) is 0.553. The molecule has 1 rings (SSSR count). The molecule has 4 heteroatoms. The lowest BCUT2D eigenvalue weighted by Gasteiger charge is -2.02. The Morgan fingerprint density at radius 3 is 2.42 bits per heavy atom. The number of pyridine rings is 1. The number of hydrogen-bond donors (Lipinski definition) is 1. The molecule has 0 aliphatic carbocycles. The maximum atomic E-state index is 12.8. The summed E-state index contributed by atoms with van der Waals surface area (Å²) in [5.41, 5.74) is 0.0966. The van der Waals surface area contributed by atoms with Crippen LogP contribution in [0.5, 0.6) is 0 Å². The summed E-state index contributed by atoms with van der Waals surface area (Å²) in [6, 6.07) is 0. The van der Waals surface area contributed by atoms with Crippen LogP contribution in [-0.2, 0) is 6.42 Å². The molecule has 0 aromatic carbocycles. The van der Waals surface area contributed by atoms with Crippen molar-refractivity contribution in [2.45, 2.75) is 6.42 Å². The second-order valence-corrected chi connectivity index (χ2v) is 2.44. The molecule has 0 bridgehead atoms. The topological polar surface area (TPSA) is 24.9 Å². The molecule has 1 N–H and O–H groups in total. The molecule has 0 saturated heterocycles. The van der Waals surface area contributed by atoms with Crippen molar-refractivity contribution in [1.82, 2.24) is 10.3 Å². The molecule has 0 atom stereocenters. The van der Waals surface area contributed by atoms with Crippen molar-refractivity contribution in [3.05, 3.63) is 29.6 Å². The first-order valence-corrected chi connectivity index (χ1v) is 3.68. The summed E-state index contributed by atoms with van der Waals surface area (Å²) < 4.78 is 25.7. The van der Waals surface area contributed by atoms with Crippen LogP contribution < -0.4 is 5.32 Å². The molecule has 2 nitrogen and oxygen atoms in total. The Kier molecular flexibility index (Phi) is 3.10. The predicted molar refractivity (Wildman–Crippen MR) is 41.8 cm³/mol. The highest BCUT2D eigenvalue weighted by molar-refractivity contribution is 5.15. The third-order valence-electron chi connectivity index (χ3n) is 1.58. The van der Waals surface area contributed by atoms with Crippen molar-refractivity contribution in [2.75, 3.05) is 13.6 Å².